The third kappa shape index (κ3) is 4.84. The quantitative estimate of drug-likeness (QED) is 0.577. The smallest absolute Gasteiger partial charge is 0.270 e. The number of ether oxygens (including phenoxy) is 2. The first-order valence-electron chi connectivity index (χ1n) is 6.22. The van der Waals surface area contributed by atoms with Gasteiger partial charge in [-0.05, 0) is 19.5 Å². The molecule has 0 saturated heterocycles. The number of nitrogens with zero attached hydrogens (tertiary/aromatic N) is 1. The molecule has 19 heavy (non-hydrogen) atoms. The molecule has 1 unspecified atom stereocenters. The molecule has 0 saturated carbocycles. The molecule has 6 heteroatoms. The first-order chi connectivity index (χ1) is 9.08. The molecular weight excluding hydrogens is 248 g/mol. The number of nitro groups is 1. The number of non-ortho nitro benzene ring substituents is 1. The first kappa shape index (κ1) is 15.4. The Bertz CT molecular complexity index is 423. The summed E-state index contributed by atoms with van der Waals surface area (Å²) < 4.78 is 10.7. The Morgan fingerprint density at radius 2 is 2.21 bits per heavy atom. The molecule has 0 aromatic heterocycles. The maximum atomic E-state index is 10.8. The maximum absolute atomic E-state index is 10.8. The Kier molecular flexibility index (Phi) is 6.24. The van der Waals surface area contributed by atoms with Gasteiger partial charge in [-0.1, -0.05) is 6.92 Å². The lowest BCUT2D eigenvalue weighted by molar-refractivity contribution is -0.384. The van der Waals surface area contributed by atoms with Crippen molar-refractivity contribution in [3.63, 3.8) is 0 Å². The van der Waals surface area contributed by atoms with Crippen molar-refractivity contribution < 1.29 is 14.4 Å². The van der Waals surface area contributed by atoms with E-state index >= 15 is 0 Å². The molecule has 0 amide bonds. The fourth-order valence-corrected chi connectivity index (χ4v) is 1.49. The van der Waals surface area contributed by atoms with Crippen LogP contribution in [-0.4, -0.2) is 31.3 Å². The molecule has 0 aliphatic carbocycles. The molecule has 0 bridgehead atoms. The van der Waals surface area contributed by atoms with Crippen LogP contribution < -0.4 is 10.1 Å². The zero-order valence-corrected chi connectivity index (χ0v) is 11.5. The summed E-state index contributed by atoms with van der Waals surface area (Å²) in [7, 11) is 1.61. The number of benzene rings is 1. The van der Waals surface area contributed by atoms with Crippen LogP contribution in [0.1, 0.15) is 19.4 Å². The van der Waals surface area contributed by atoms with E-state index in [9.17, 15) is 10.1 Å². The van der Waals surface area contributed by atoms with E-state index in [1.54, 1.807) is 13.2 Å². The van der Waals surface area contributed by atoms with Crippen molar-refractivity contribution >= 4 is 5.69 Å². The largest absolute Gasteiger partial charge is 0.491 e. The fourth-order valence-electron chi connectivity index (χ4n) is 1.49. The molecule has 106 valence electrons. The summed E-state index contributed by atoms with van der Waals surface area (Å²) in [5, 5.41) is 13.9. The lowest BCUT2D eigenvalue weighted by atomic mass is 10.1. The van der Waals surface area contributed by atoms with Crippen molar-refractivity contribution in [1.82, 2.24) is 5.32 Å². The van der Waals surface area contributed by atoms with E-state index in [0.29, 0.717) is 18.9 Å². The second kappa shape index (κ2) is 7.70. The van der Waals surface area contributed by atoms with Crippen LogP contribution in [0.2, 0.25) is 0 Å². The maximum Gasteiger partial charge on any atom is 0.270 e. The molecule has 6 nitrogen and oxygen atoms in total. The Morgan fingerprint density at radius 3 is 2.79 bits per heavy atom. The highest BCUT2D eigenvalue weighted by atomic mass is 16.6. The Hall–Kier alpha value is -1.66. The van der Waals surface area contributed by atoms with Gasteiger partial charge in [-0.15, -0.1) is 0 Å². The zero-order valence-electron chi connectivity index (χ0n) is 11.5. The monoisotopic (exact) mass is 268 g/mol. The van der Waals surface area contributed by atoms with Gasteiger partial charge >= 0.3 is 0 Å². The Labute approximate surface area is 112 Å². The summed E-state index contributed by atoms with van der Waals surface area (Å²) in [4.78, 5) is 10.4. The van der Waals surface area contributed by atoms with Gasteiger partial charge in [0.25, 0.3) is 5.69 Å². The number of nitro benzene ring substituents is 1. The average Bonchev–Trinajstić information content (AvgIpc) is 2.42. The van der Waals surface area contributed by atoms with E-state index in [4.69, 9.17) is 9.47 Å². The van der Waals surface area contributed by atoms with Crippen LogP contribution in [-0.2, 0) is 11.3 Å². The van der Waals surface area contributed by atoms with E-state index in [1.807, 2.05) is 13.8 Å². The van der Waals surface area contributed by atoms with Gasteiger partial charge in [0, 0.05) is 31.4 Å². The SMILES string of the molecule is CCNCc1cc([N+](=O)[O-])ccc1OCC(C)OC. The number of nitrogens with one attached hydrogen (secondary N) is 1. The fraction of sp³-hybridized carbons (Fsp3) is 0.538. The molecule has 0 fully saturated rings. The molecular formula is C13H20N2O4. The molecule has 1 aromatic carbocycles. The minimum Gasteiger partial charge on any atom is -0.491 e. The van der Waals surface area contributed by atoms with Crippen LogP contribution in [0.3, 0.4) is 0 Å². The van der Waals surface area contributed by atoms with Crippen molar-refractivity contribution in [3.8, 4) is 5.75 Å². The van der Waals surface area contributed by atoms with E-state index in [1.165, 1.54) is 12.1 Å². The molecule has 1 atom stereocenters. The van der Waals surface area contributed by atoms with Crippen LogP contribution in [0, 0.1) is 10.1 Å². The van der Waals surface area contributed by atoms with Gasteiger partial charge in [0.1, 0.15) is 12.4 Å². The summed E-state index contributed by atoms with van der Waals surface area (Å²) in [6.07, 6.45) is -0.0258. The zero-order chi connectivity index (χ0) is 14.3. The number of hydrogen-bond acceptors (Lipinski definition) is 5. The molecule has 1 rings (SSSR count). The molecule has 0 aliphatic heterocycles. The summed E-state index contributed by atoms with van der Waals surface area (Å²) in [5.41, 5.74) is 0.847. The summed E-state index contributed by atoms with van der Waals surface area (Å²) >= 11 is 0. The standard InChI is InChI=1S/C13H20N2O4/c1-4-14-8-11-7-12(15(16)17)5-6-13(11)19-9-10(2)18-3/h5-7,10,14H,4,8-9H2,1-3H3. The molecule has 0 radical (unpaired) electrons. The van der Waals surface area contributed by atoms with Crippen molar-refractivity contribution in [2.24, 2.45) is 0 Å². The summed E-state index contributed by atoms with van der Waals surface area (Å²) in [5.74, 6) is 0.649. The van der Waals surface area contributed by atoms with Gasteiger partial charge < -0.3 is 14.8 Å². The van der Waals surface area contributed by atoms with E-state index < -0.39 is 4.92 Å². The van der Waals surface area contributed by atoms with Gasteiger partial charge in [-0.2, -0.15) is 0 Å². The summed E-state index contributed by atoms with van der Waals surface area (Å²) in [6, 6.07) is 4.62. The highest BCUT2D eigenvalue weighted by molar-refractivity contribution is 5.43. The normalized spacial score (nSPS) is 12.2. The molecule has 1 aromatic rings. The van der Waals surface area contributed by atoms with Gasteiger partial charge in [0.15, 0.2) is 0 Å². The predicted octanol–water partition coefficient (Wildman–Crippen LogP) is 2.12. The highest BCUT2D eigenvalue weighted by Gasteiger charge is 2.12. The van der Waals surface area contributed by atoms with E-state index in [2.05, 4.69) is 5.32 Å². The van der Waals surface area contributed by atoms with Crippen molar-refractivity contribution in [2.45, 2.75) is 26.5 Å². The van der Waals surface area contributed by atoms with Crippen LogP contribution in [0.4, 0.5) is 5.69 Å². The number of methoxy groups -OCH3 is 1. The van der Waals surface area contributed by atoms with Crippen molar-refractivity contribution in [3.05, 3.63) is 33.9 Å². The first-order valence-corrected chi connectivity index (χ1v) is 6.22. The lowest BCUT2D eigenvalue weighted by Gasteiger charge is -2.14. The van der Waals surface area contributed by atoms with Crippen LogP contribution >= 0.6 is 0 Å². The predicted molar refractivity (Wildman–Crippen MR) is 72.4 cm³/mol. The molecule has 1 N–H and O–H groups in total. The summed E-state index contributed by atoms with van der Waals surface area (Å²) in [6.45, 7) is 5.61. The third-order valence-corrected chi connectivity index (χ3v) is 2.70. The minimum absolute atomic E-state index is 0.0258. The number of rotatable bonds is 8. The second-order valence-corrected chi connectivity index (χ2v) is 4.19. The Balaban J connectivity index is 2.85. The van der Waals surface area contributed by atoms with E-state index in [0.717, 1.165) is 12.1 Å². The lowest BCUT2D eigenvalue weighted by Crippen LogP contribution is -2.18. The van der Waals surface area contributed by atoms with Gasteiger partial charge in [-0.3, -0.25) is 10.1 Å². The molecule has 0 heterocycles. The van der Waals surface area contributed by atoms with Crippen LogP contribution in [0.15, 0.2) is 18.2 Å². The van der Waals surface area contributed by atoms with Crippen molar-refractivity contribution in [1.29, 1.82) is 0 Å². The van der Waals surface area contributed by atoms with Gasteiger partial charge in [0.05, 0.1) is 11.0 Å². The second-order valence-electron chi connectivity index (χ2n) is 4.19. The molecule has 0 aliphatic rings. The number of hydrogen-bond donors (Lipinski definition) is 1. The van der Waals surface area contributed by atoms with Gasteiger partial charge in [-0.25, -0.2) is 0 Å². The topological polar surface area (TPSA) is 73.6 Å². The average molecular weight is 268 g/mol. The van der Waals surface area contributed by atoms with E-state index in [-0.39, 0.29) is 11.8 Å². The Morgan fingerprint density at radius 1 is 1.47 bits per heavy atom. The van der Waals surface area contributed by atoms with Crippen molar-refractivity contribution in [2.75, 3.05) is 20.3 Å². The third-order valence-electron chi connectivity index (χ3n) is 2.70. The van der Waals surface area contributed by atoms with Crippen LogP contribution in [0.25, 0.3) is 0 Å². The van der Waals surface area contributed by atoms with Gasteiger partial charge in [0.2, 0.25) is 0 Å². The van der Waals surface area contributed by atoms with Crippen LogP contribution in [0.5, 0.6) is 5.75 Å². The molecule has 0 spiro atoms. The minimum atomic E-state index is -0.406. The highest BCUT2D eigenvalue weighted by Crippen LogP contribution is 2.24.